The third kappa shape index (κ3) is 2.84. The van der Waals surface area contributed by atoms with E-state index >= 15 is 0 Å². The van der Waals surface area contributed by atoms with Gasteiger partial charge in [0.2, 0.25) is 0 Å². The summed E-state index contributed by atoms with van der Waals surface area (Å²) in [6.45, 7) is 2.39. The molecule has 0 fully saturated rings. The Hall–Kier alpha value is -0.840. The molecule has 0 saturated carbocycles. The van der Waals surface area contributed by atoms with E-state index in [0.29, 0.717) is 6.54 Å². The molecule has 0 aliphatic carbocycles. The highest BCUT2D eigenvalue weighted by Gasteiger charge is 2.15. The molecule has 0 aromatic carbocycles. The van der Waals surface area contributed by atoms with E-state index in [1.165, 1.54) is 7.11 Å². The van der Waals surface area contributed by atoms with Crippen molar-refractivity contribution in [3.63, 3.8) is 0 Å². The van der Waals surface area contributed by atoms with Crippen molar-refractivity contribution in [2.24, 2.45) is 0 Å². The van der Waals surface area contributed by atoms with Gasteiger partial charge in [-0.2, -0.15) is 5.10 Å². The minimum absolute atomic E-state index is 0.284. The first-order valence-electron chi connectivity index (χ1n) is 3.85. The van der Waals surface area contributed by atoms with Crippen LogP contribution >= 0.6 is 15.9 Å². The standard InChI is InChI=1S/C8H11BrN2O2/c1-6-3-4-11(10-6)5-7(9)8(12)13-2/h3-4,7H,5H2,1-2H3. The molecule has 0 N–H and O–H groups in total. The largest absolute Gasteiger partial charge is 0.468 e. The second kappa shape index (κ2) is 4.41. The first kappa shape index (κ1) is 10.2. The Labute approximate surface area is 85.0 Å². The molecule has 5 heteroatoms. The zero-order chi connectivity index (χ0) is 9.84. The molecule has 0 saturated heterocycles. The van der Waals surface area contributed by atoms with Crippen molar-refractivity contribution >= 4 is 21.9 Å². The molecule has 0 aliphatic heterocycles. The predicted octanol–water partition coefficient (Wildman–Crippen LogP) is 1.13. The molecule has 0 aliphatic rings. The minimum Gasteiger partial charge on any atom is -0.468 e. The third-order valence-corrected chi connectivity index (χ3v) is 2.24. The normalized spacial score (nSPS) is 12.5. The van der Waals surface area contributed by atoms with Gasteiger partial charge in [-0.15, -0.1) is 0 Å². The SMILES string of the molecule is COC(=O)C(Br)Cn1ccc(C)n1. The van der Waals surface area contributed by atoms with Gasteiger partial charge in [0, 0.05) is 6.20 Å². The number of nitrogens with zero attached hydrogens (tertiary/aromatic N) is 2. The summed E-state index contributed by atoms with van der Waals surface area (Å²) < 4.78 is 6.26. The van der Waals surface area contributed by atoms with Gasteiger partial charge in [0.15, 0.2) is 0 Å². The Morgan fingerprint density at radius 2 is 2.54 bits per heavy atom. The molecule has 1 heterocycles. The molecule has 0 amide bonds. The van der Waals surface area contributed by atoms with Crippen LogP contribution in [0.2, 0.25) is 0 Å². The first-order valence-corrected chi connectivity index (χ1v) is 4.77. The summed E-state index contributed by atoms with van der Waals surface area (Å²) in [5.41, 5.74) is 0.935. The zero-order valence-electron chi connectivity index (χ0n) is 7.53. The molecule has 4 nitrogen and oxygen atoms in total. The van der Waals surface area contributed by atoms with Crippen LogP contribution in [0.25, 0.3) is 0 Å². The lowest BCUT2D eigenvalue weighted by molar-refractivity contribution is -0.140. The topological polar surface area (TPSA) is 44.1 Å². The van der Waals surface area contributed by atoms with Gasteiger partial charge in [-0.05, 0) is 13.0 Å². The Kier molecular flexibility index (Phi) is 3.48. The number of carbonyl (C=O) groups excluding carboxylic acids is 1. The molecular weight excluding hydrogens is 236 g/mol. The Bertz CT molecular complexity index is 298. The van der Waals surface area contributed by atoms with Crippen LogP contribution in [0.5, 0.6) is 0 Å². The second-order valence-electron chi connectivity index (χ2n) is 2.67. The van der Waals surface area contributed by atoms with Gasteiger partial charge < -0.3 is 4.74 Å². The van der Waals surface area contributed by atoms with Crippen LogP contribution in [0, 0.1) is 6.92 Å². The van der Waals surface area contributed by atoms with E-state index in [2.05, 4.69) is 25.8 Å². The molecule has 1 rings (SSSR count). The molecule has 72 valence electrons. The highest BCUT2D eigenvalue weighted by Crippen LogP contribution is 2.05. The number of rotatable bonds is 3. The summed E-state index contributed by atoms with van der Waals surface area (Å²) in [5.74, 6) is -0.284. The fraction of sp³-hybridized carbons (Fsp3) is 0.500. The molecule has 1 atom stereocenters. The van der Waals surface area contributed by atoms with Crippen molar-refractivity contribution in [1.29, 1.82) is 0 Å². The van der Waals surface area contributed by atoms with Crippen molar-refractivity contribution in [1.82, 2.24) is 9.78 Å². The summed E-state index contributed by atoms with van der Waals surface area (Å²) in [7, 11) is 1.37. The number of ether oxygens (including phenoxy) is 1. The third-order valence-electron chi connectivity index (χ3n) is 1.58. The lowest BCUT2D eigenvalue weighted by Crippen LogP contribution is -2.21. The lowest BCUT2D eigenvalue weighted by Gasteiger charge is -2.06. The number of aromatic nitrogens is 2. The maximum absolute atomic E-state index is 11.0. The van der Waals surface area contributed by atoms with Crippen LogP contribution in [-0.4, -0.2) is 27.7 Å². The van der Waals surface area contributed by atoms with Gasteiger partial charge in [-0.25, -0.2) is 0 Å². The quantitative estimate of drug-likeness (QED) is 0.594. The molecule has 0 bridgehead atoms. The van der Waals surface area contributed by atoms with Gasteiger partial charge in [0.05, 0.1) is 19.3 Å². The maximum atomic E-state index is 11.0. The van der Waals surface area contributed by atoms with Gasteiger partial charge >= 0.3 is 5.97 Å². The van der Waals surface area contributed by atoms with Crippen molar-refractivity contribution in [2.75, 3.05) is 7.11 Å². The first-order chi connectivity index (χ1) is 6.13. The van der Waals surface area contributed by atoms with Crippen molar-refractivity contribution in [2.45, 2.75) is 18.3 Å². The summed E-state index contributed by atoms with van der Waals surface area (Å²) in [4.78, 5) is 10.7. The van der Waals surface area contributed by atoms with Crippen molar-refractivity contribution in [3.05, 3.63) is 18.0 Å². The molecular formula is C8H11BrN2O2. The van der Waals surface area contributed by atoms with Gasteiger partial charge in [-0.1, -0.05) is 15.9 Å². The fourth-order valence-electron chi connectivity index (χ4n) is 0.932. The number of carbonyl (C=O) groups is 1. The van der Waals surface area contributed by atoms with E-state index < -0.39 is 0 Å². The van der Waals surface area contributed by atoms with Crippen LogP contribution in [0.1, 0.15) is 5.69 Å². The van der Waals surface area contributed by atoms with E-state index in [4.69, 9.17) is 0 Å². The average Bonchev–Trinajstić information content (AvgIpc) is 2.49. The Balaban J connectivity index is 2.54. The fourth-order valence-corrected chi connectivity index (χ4v) is 1.42. The zero-order valence-corrected chi connectivity index (χ0v) is 9.11. The highest BCUT2D eigenvalue weighted by atomic mass is 79.9. The van der Waals surface area contributed by atoms with Crippen LogP contribution < -0.4 is 0 Å². The molecule has 13 heavy (non-hydrogen) atoms. The molecule has 1 unspecified atom stereocenters. The molecule has 1 aromatic rings. The van der Waals surface area contributed by atoms with Crippen LogP contribution in [0.3, 0.4) is 0 Å². The smallest absolute Gasteiger partial charge is 0.321 e. The predicted molar refractivity (Wildman–Crippen MR) is 51.7 cm³/mol. The summed E-state index contributed by atoms with van der Waals surface area (Å²) in [6, 6.07) is 1.89. The average molecular weight is 247 g/mol. The van der Waals surface area contributed by atoms with E-state index in [1.807, 2.05) is 19.2 Å². The second-order valence-corrected chi connectivity index (χ2v) is 3.78. The van der Waals surface area contributed by atoms with Crippen molar-refractivity contribution in [3.8, 4) is 0 Å². The monoisotopic (exact) mass is 246 g/mol. The number of hydrogen-bond donors (Lipinski definition) is 0. The summed E-state index contributed by atoms with van der Waals surface area (Å²) in [5, 5.41) is 4.15. The van der Waals surface area contributed by atoms with Gasteiger partial charge in [0.1, 0.15) is 4.83 Å². The highest BCUT2D eigenvalue weighted by molar-refractivity contribution is 9.10. The number of hydrogen-bond acceptors (Lipinski definition) is 3. The number of alkyl halides is 1. The van der Waals surface area contributed by atoms with E-state index in [-0.39, 0.29) is 10.8 Å². The Morgan fingerprint density at radius 1 is 1.85 bits per heavy atom. The number of methoxy groups -OCH3 is 1. The van der Waals surface area contributed by atoms with Crippen molar-refractivity contribution < 1.29 is 9.53 Å². The summed E-state index contributed by atoms with van der Waals surface area (Å²) in [6.07, 6.45) is 1.83. The summed E-state index contributed by atoms with van der Waals surface area (Å²) >= 11 is 3.21. The van der Waals surface area contributed by atoms with Gasteiger partial charge in [-0.3, -0.25) is 9.48 Å². The molecule has 1 aromatic heterocycles. The van der Waals surface area contributed by atoms with Crippen LogP contribution in [0.4, 0.5) is 0 Å². The maximum Gasteiger partial charge on any atom is 0.321 e. The van der Waals surface area contributed by atoms with Crippen LogP contribution in [-0.2, 0) is 16.1 Å². The Morgan fingerprint density at radius 3 is 3.00 bits per heavy atom. The molecule has 0 spiro atoms. The molecule has 0 radical (unpaired) electrons. The number of esters is 1. The number of halogens is 1. The minimum atomic E-state index is -0.336. The van der Waals surface area contributed by atoms with E-state index in [1.54, 1.807) is 4.68 Å². The lowest BCUT2D eigenvalue weighted by atomic mass is 10.4. The van der Waals surface area contributed by atoms with Crippen LogP contribution in [0.15, 0.2) is 12.3 Å². The number of aryl methyl sites for hydroxylation is 1. The van der Waals surface area contributed by atoms with Gasteiger partial charge in [0.25, 0.3) is 0 Å². The van der Waals surface area contributed by atoms with E-state index in [9.17, 15) is 4.79 Å². The van der Waals surface area contributed by atoms with E-state index in [0.717, 1.165) is 5.69 Å².